The maximum Gasteiger partial charge on any atom is 0.311 e. The highest BCUT2D eigenvalue weighted by molar-refractivity contribution is 5.66. The minimum atomic E-state index is -0.530. The van der Waals surface area contributed by atoms with Gasteiger partial charge in [0.25, 0.3) is 0 Å². The molecule has 3 aromatic heterocycles. The third-order valence-electron chi connectivity index (χ3n) is 4.01. The van der Waals surface area contributed by atoms with Crippen LogP contribution in [0.4, 0.5) is 27.5 Å². The van der Waals surface area contributed by atoms with Gasteiger partial charge in [-0.05, 0) is 31.5 Å². The first-order valence-corrected chi connectivity index (χ1v) is 8.98. The van der Waals surface area contributed by atoms with Gasteiger partial charge in [0, 0.05) is 12.1 Å². The van der Waals surface area contributed by atoms with Crippen LogP contribution in [0.25, 0.3) is 0 Å². The summed E-state index contributed by atoms with van der Waals surface area (Å²) in [6.07, 6.45) is 1.79. The number of hydrogen-bond donors (Lipinski definition) is 3. The van der Waals surface area contributed by atoms with Crippen LogP contribution >= 0.6 is 0 Å². The standard InChI is InChI=1S/C18H20FN7O3/c1-3-12(13-6-5-11(19)10-20-13)21-15-8-7-14(26(27)28)18(22-15)23-16-9-17(25-24-16)29-4-2/h5-10,12H,3-4H2,1-2H3,(H3,21,22,23,24,25)/t12-/m0/s1. The molecule has 0 radical (unpaired) electrons. The average Bonchev–Trinajstić information content (AvgIpc) is 3.14. The first-order chi connectivity index (χ1) is 14.0. The second kappa shape index (κ2) is 8.95. The normalized spacial score (nSPS) is 11.7. The number of aromatic nitrogens is 4. The smallest absolute Gasteiger partial charge is 0.311 e. The largest absolute Gasteiger partial charge is 0.477 e. The van der Waals surface area contributed by atoms with Crippen molar-refractivity contribution in [2.24, 2.45) is 0 Å². The minimum absolute atomic E-state index is 0.0358. The van der Waals surface area contributed by atoms with E-state index in [0.717, 1.165) is 6.20 Å². The van der Waals surface area contributed by atoms with Crippen LogP contribution in [0.3, 0.4) is 0 Å². The van der Waals surface area contributed by atoms with Crippen LogP contribution in [0.1, 0.15) is 32.0 Å². The van der Waals surface area contributed by atoms with E-state index in [4.69, 9.17) is 4.74 Å². The third kappa shape index (κ3) is 4.94. The van der Waals surface area contributed by atoms with Gasteiger partial charge in [-0.25, -0.2) is 9.37 Å². The molecule has 3 heterocycles. The lowest BCUT2D eigenvalue weighted by Crippen LogP contribution is -2.13. The van der Waals surface area contributed by atoms with Crippen LogP contribution < -0.4 is 15.4 Å². The predicted molar refractivity (Wildman–Crippen MR) is 105 cm³/mol. The van der Waals surface area contributed by atoms with Crippen LogP contribution in [0.15, 0.2) is 36.5 Å². The maximum absolute atomic E-state index is 13.1. The average molecular weight is 401 g/mol. The van der Waals surface area contributed by atoms with Gasteiger partial charge in [0.05, 0.1) is 29.5 Å². The predicted octanol–water partition coefficient (Wildman–Crippen LogP) is 3.95. The molecule has 3 aromatic rings. The molecule has 0 aliphatic rings. The molecule has 0 saturated carbocycles. The Balaban J connectivity index is 1.84. The van der Waals surface area contributed by atoms with Gasteiger partial charge in [-0.15, -0.1) is 5.10 Å². The Bertz CT molecular complexity index is 978. The molecule has 0 aliphatic heterocycles. The highest BCUT2D eigenvalue weighted by Gasteiger charge is 2.19. The van der Waals surface area contributed by atoms with Crippen LogP contribution in [-0.4, -0.2) is 31.7 Å². The highest BCUT2D eigenvalue weighted by atomic mass is 19.1. The fourth-order valence-corrected chi connectivity index (χ4v) is 2.65. The number of nitrogens with one attached hydrogen (secondary N) is 3. The van der Waals surface area contributed by atoms with Crippen molar-refractivity contribution in [1.82, 2.24) is 20.2 Å². The Labute approximate surface area is 165 Å². The number of aromatic amines is 1. The van der Waals surface area contributed by atoms with Gasteiger partial charge >= 0.3 is 5.69 Å². The third-order valence-corrected chi connectivity index (χ3v) is 4.01. The molecule has 1 atom stereocenters. The fraction of sp³-hybridized carbons (Fsp3) is 0.278. The topological polar surface area (TPSA) is 131 Å². The van der Waals surface area contributed by atoms with E-state index in [1.165, 1.54) is 18.2 Å². The number of ether oxygens (including phenoxy) is 1. The number of pyridine rings is 2. The van der Waals surface area contributed by atoms with Crippen LogP contribution in [-0.2, 0) is 0 Å². The maximum atomic E-state index is 13.1. The zero-order chi connectivity index (χ0) is 20.8. The van der Waals surface area contributed by atoms with Crippen molar-refractivity contribution in [3.05, 3.63) is 58.2 Å². The molecule has 0 saturated heterocycles. The Hall–Kier alpha value is -3.76. The lowest BCUT2D eigenvalue weighted by atomic mass is 10.1. The van der Waals surface area contributed by atoms with Gasteiger partial charge in [-0.1, -0.05) is 6.92 Å². The van der Waals surface area contributed by atoms with Crippen molar-refractivity contribution in [2.45, 2.75) is 26.3 Å². The molecular weight excluding hydrogens is 381 g/mol. The Morgan fingerprint density at radius 3 is 2.79 bits per heavy atom. The van der Waals surface area contributed by atoms with Gasteiger partial charge in [-0.2, -0.15) is 0 Å². The molecule has 152 valence electrons. The Morgan fingerprint density at radius 2 is 2.14 bits per heavy atom. The van der Waals surface area contributed by atoms with Crippen molar-refractivity contribution < 1.29 is 14.1 Å². The first kappa shape index (κ1) is 20.0. The van der Waals surface area contributed by atoms with Crippen molar-refractivity contribution in [1.29, 1.82) is 0 Å². The van der Waals surface area contributed by atoms with Crippen molar-refractivity contribution in [3.8, 4) is 5.88 Å². The number of halogens is 1. The molecule has 0 spiro atoms. The van der Waals surface area contributed by atoms with E-state index in [1.54, 1.807) is 12.1 Å². The number of nitro groups is 1. The molecule has 3 rings (SSSR count). The van der Waals surface area contributed by atoms with Crippen molar-refractivity contribution in [2.75, 3.05) is 17.2 Å². The fourth-order valence-electron chi connectivity index (χ4n) is 2.65. The first-order valence-electron chi connectivity index (χ1n) is 8.98. The summed E-state index contributed by atoms with van der Waals surface area (Å²) < 4.78 is 18.4. The number of nitrogens with zero attached hydrogens (tertiary/aromatic N) is 4. The summed E-state index contributed by atoms with van der Waals surface area (Å²) in [6.45, 7) is 4.20. The van der Waals surface area contributed by atoms with Gasteiger partial charge < -0.3 is 15.4 Å². The van der Waals surface area contributed by atoms with Crippen LogP contribution in [0, 0.1) is 15.9 Å². The summed E-state index contributed by atoms with van der Waals surface area (Å²) in [5.41, 5.74) is 0.439. The number of rotatable bonds is 9. The van der Waals surface area contributed by atoms with Gasteiger partial charge in [0.15, 0.2) is 0 Å². The summed E-state index contributed by atoms with van der Waals surface area (Å²) in [5, 5.41) is 24.0. The monoisotopic (exact) mass is 401 g/mol. The van der Waals surface area contributed by atoms with E-state index in [-0.39, 0.29) is 17.5 Å². The minimum Gasteiger partial charge on any atom is -0.477 e. The Kier molecular flexibility index (Phi) is 6.17. The molecule has 11 heteroatoms. The molecule has 0 fully saturated rings. The molecule has 10 nitrogen and oxygen atoms in total. The van der Waals surface area contributed by atoms with Crippen molar-refractivity contribution >= 4 is 23.1 Å². The zero-order valence-corrected chi connectivity index (χ0v) is 15.8. The number of hydrogen-bond acceptors (Lipinski definition) is 8. The molecule has 0 aliphatic carbocycles. The van der Waals surface area contributed by atoms with Crippen LogP contribution in [0.5, 0.6) is 5.88 Å². The molecule has 29 heavy (non-hydrogen) atoms. The lowest BCUT2D eigenvalue weighted by molar-refractivity contribution is -0.384. The lowest BCUT2D eigenvalue weighted by Gasteiger charge is -2.17. The molecule has 0 aromatic carbocycles. The summed E-state index contributed by atoms with van der Waals surface area (Å²) in [4.78, 5) is 19.2. The molecule has 0 bridgehead atoms. The molecule has 0 unspecified atom stereocenters. The zero-order valence-electron chi connectivity index (χ0n) is 15.8. The van der Waals surface area contributed by atoms with E-state index >= 15 is 0 Å². The molecule has 3 N–H and O–H groups in total. The molecular formula is C18H20FN7O3. The van der Waals surface area contributed by atoms with E-state index in [9.17, 15) is 14.5 Å². The quantitative estimate of drug-likeness (QED) is 0.363. The number of anilines is 3. The number of H-pyrrole nitrogens is 1. The molecule has 0 amide bonds. The van der Waals surface area contributed by atoms with Gasteiger partial charge in [-0.3, -0.25) is 20.2 Å². The van der Waals surface area contributed by atoms with Gasteiger partial charge in [0.2, 0.25) is 11.7 Å². The van der Waals surface area contributed by atoms with Gasteiger partial charge in [0.1, 0.15) is 17.5 Å². The van der Waals surface area contributed by atoms with Crippen LogP contribution in [0.2, 0.25) is 0 Å². The van der Waals surface area contributed by atoms with E-state index in [2.05, 4.69) is 30.8 Å². The SMILES string of the molecule is CCOc1cc(Nc2nc(N[C@@H](CC)c3ccc(F)cn3)ccc2[N+](=O)[O-])[nH]n1. The Morgan fingerprint density at radius 1 is 1.31 bits per heavy atom. The van der Waals surface area contributed by atoms with E-state index in [0.29, 0.717) is 36.2 Å². The second-order valence-electron chi connectivity index (χ2n) is 6.01. The second-order valence-corrected chi connectivity index (χ2v) is 6.01. The highest BCUT2D eigenvalue weighted by Crippen LogP contribution is 2.29. The summed E-state index contributed by atoms with van der Waals surface area (Å²) in [6, 6.07) is 7.11. The summed E-state index contributed by atoms with van der Waals surface area (Å²) in [7, 11) is 0. The summed E-state index contributed by atoms with van der Waals surface area (Å²) in [5.74, 6) is 0.776. The van der Waals surface area contributed by atoms with E-state index in [1.807, 2.05) is 13.8 Å². The van der Waals surface area contributed by atoms with E-state index < -0.39 is 10.7 Å². The summed E-state index contributed by atoms with van der Waals surface area (Å²) >= 11 is 0. The van der Waals surface area contributed by atoms with Crippen molar-refractivity contribution in [3.63, 3.8) is 0 Å².